The first-order valence-corrected chi connectivity index (χ1v) is 7.76. The minimum Gasteiger partial charge on any atom is -0.497 e. The van der Waals surface area contributed by atoms with Gasteiger partial charge < -0.3 is 9.47 Å². The maximum absolute atomic E-state index is 12.0. The number of ketones is 1. The molecule has 2 aromatic carbocycles. The number of carbonyl (C=O) groups is 3. The normalized spacial score (nSPS) is 10.8. The molecule has 0 spiro atoms. The lowest BCUT2D eigenvalue weighted by Crippen LogP contribution is -1.90. The maximum atomic E-state index is 12.0. The lowest BCUT2D eigenvalue weighted by atomic mass is 10.1. The Morgan fingerprint density at radius 2 is 1.08 bits per heavy atom. The largest absolute Gasteiger partial charge is 0.497 e. The van der Waals surface area contributed by atoms with E-state index in [9.17, 15) is 14.4 Å². The smallest absolute Gasteiger partial charge is 0.178 e. The van der Waals surface area contributed by atoms with Crippen molar-refractivity contribution < 1.29 is 23.9 Å². The van der Waals surface area contributed by atoms with Crippen LogP contribution in [0, 0.1) is 0 Å². The molecule has 0 saturated heterocycles. The quantitative estimate of drug-likeness (QED) is 0.537. The minimum absolute atomic E-state index is 0.240. The number of aldehydes is 2. The van der Waals surface area contributed by atoms with Crippen LogP contribution in [0.3, 0.4) is 0 Å². The molecule has 0 aromatic heterocycles. The standard InChI is InChI=1S/C21H18O5/c1-25-20-9-15(7-17(11-20)13-22)3-5-19(24)6-4-16-8-18(14-23)12-21(10-16)26-2/h3-14H,1-2H3/b5-3+,6-4+. The van der Waals surface area contributed by atoms with Crippen LogP contribution >= 0.6 is 0 Å². The highest BCUT2D eigenvalue weighted by Crippen LogP contribution is 2.18. The molecular weight excluding hydrogens is 332 g/mol. The van der Waals surface area contributed by atoms with Gasteiger partial charge in [0.05, 0.1) is 14.2 Å². The molecule has 5 nitrogen and oxygen atoms in total. The number of carbonyl (C=O) groups excluding carboxylic acids is 3. The summed E-state index contributed by atoms with van der Waals surface area (Å²) in [4.78, 5) is 33.9. The Balaban J connectivity index is 2.15. The molecule has 0 aliphatic carbocycles. The summed E-state index contributed by atoms with van der Waals surface area (Å²) in [5, 5.41) is 0. The molecule has 0 atom stereocenters. The van der Waals surface area contributed by atoms with Gasteiger partial charge in [0.25, 0.3) is 0 Å². The second kappa shape index (κ2) is 9.13. The summed E-state index contributed by atoms with van der Waals surface area (Å²) in [6.07, 6.45) is 7.42. The van der Waals surface area contributed by atoms with Crippen molar-refractivity contribution in [1.29, 1.82) is 0 Å². The Bertz CT molecular complexity index is 806. The van der Waals surface area contributed by atoms with E-state index in [1.54, 1.807) is 48.6 Å². The fraction of sp³-hybridized carbons (Fsp3) is 0.0952. The zero-order chi connectivity index (χ0) is 18.9. The van der Waals surface area contributed by atoms with Gasteiger partial charge in [0.15, 0.2) is 5.78 Å². The zero-order valence-electron chi connectivity index (χ0n) is 14.5. The second-order valence-electron chi connectivity index (χ2n) is 5.38. The van der Waals surface area contributed by atoms with E-state index in [0.717, 1.165) is 12.6 Å². The summed E-state index contributed by atoms with van der Waals surface area (Å²) in [5.41, 5.74) is 2.28. The molecule has 0 aliphatic heterocycles. The first-order chi connectivity index (χ1) is 12.6. The third kappa shape index (κ3) is 5.27. The highest BCUT2D eigenvalue weighted by Gasteiger charge is 2.01. The van der Waals surface area contributed by atoms with Crippen LogP contribution in [-0.4, -0.2) is 32.6 Å². The van der Waals surface area contributed by atoms with E-state index in [-0.39, 0.29) is 5.78 Å². The summed E-state index contributed by atoms with van der Waals surface area (Å²) >= 11 is 0. The fourth-order valence-electron chi connectivity index (χ4n) is 2.27. The highest BCUT2D eigenvalue weighted by molar-refractivity contribution is 6.04. The first kappa shape index (κ1) is 18.9. The monoisotopic (exact) mass is 350 g/mol. The Labute approximate surface area is 151 Å². The summed E-state index contributed by atoms with van der Waals surface area (Å²) in [6, 6.07) is 9.97. The highest BCUT2D eigenvalue weighted by atomic mass is 16.5. The van der Waals surface area contributed by atoms with Crippen molar-refractivity contribution >= 4 is 30.5 Å². The summed E-state index contributed by atoms with van der Waals surface area (Å²) in [6.45, 7) is 0. The van der Waals surface area contributed by atoms with Crippen molar-refractivity contribution in [2.45, 2.75) is 0 Å². The molecule has 2 rings (SSSR count). The lowest BCUT2D eigenvalue weighted by Gasteiger charge is -2.03. The van der Waals surface area contributed by atoms with Crippen molar-refractivity contribution in [2.24, 2.45) is 0 Å². The van der Waals surface area contributed by atoms with E-state index in [2.05, 4.69) is 0 Å². The Kier molecular flexibility index (Phi) is 6.62. The van der Waals surface area contributed by atoms with Crippen LogP contribution in [0.1, 0.15) is 31.8 Å². The number of ether oxygens (including phenoxy) is 2. The van der Waals surface area contributed by atoms with Gasteiger partial charge in [-0.25, -0.2) is 0 Å². The zero-order valence-corrected chi connectivity index (χ0v) is 14.5. The van der Waals surface area contributed by atoms with Gasteiger partial charge in [-0.2, -0.15) is 0 Å². The predicted molar refractivity (Wildman–Crippen MR) is 99.8 cm³/mol. The van der Waals surface area contributed by atoms with Crippen LogP contribution in [0.4, 0.5) is 0 Å². The Morgan fingerprint density at radius 1 is 0.692 bits per heavy atom. The molecule has 0 heterocycles. The third-order valence-corrected chi connectivity index (χ3v) is 3.53. The molecule has 0 radical (unpaired) electrons. The maximum Gasteiger partial charge on any atom is 0.178 e. The SMILES string of the molecule is COc1cc(C=O)cc(/C=C/C(=O)/C=C/c2cc(C=O)cc(OC)c2)c1. The third-order valence-electron chi connectivity index (χ3n) is 3.53. The van der Waals surface area contributed by atoms with E-state index in [1.807, 2.05) is 0 Å². The van der Waals surface area contributed by atoms with Gasteiger partial charge in [-0.3, -0.25) is 14.4 Å². The molecule has 26 heavy (non-hydrogen) atoms. The molecule has 2 aromatic rings. The lowest BCUT2D eigenvalue weighted by molar-refractivity contribution is -0.110. The molecule has 0 amide bonds. The number of allylic oxidation sites excluding steroid dienone is 2. The summed E-state index contributed by atoms with van der Waals surface area (Å²) in [7, 11) is 3.01. The van der Waals surface area contributed by atoms with Gasteiger partial charge in [-0.1, -0.05) is 12.2 Å². The van der Waals surface area contributed by atoms with Gasteiger partial charge in [-0.05, 0) is 59.7 Å². The van der Waals surface area contributed by atoms with Gasteiger partial charge in [0.1, 0.15) is 24.1 Å². The van der Waals surface area contributed by atoms with E-state index >= 15 is 0 Å². The molecular formula is C21H18O5. The molecule has 132 valence electrons. The number of hydrogen-bond acceptors (Lipinski definition) is 5. The Morgan fingerprint density at radius 3 is 1.42 bits per heavy atom. The van der Waals surface area contributed by atoms with Gasteiger partial charge in [0.2, 0.25) is 0 Å². The van der Waals surface area contributed by atoms with E-state index in [1.165, 1.54) is 26.4 Å². The molecule has 0 fully saturated rings. The number of methoxy groups -OCH3 is 2. The van der Waals surface area contributed by atoms with E-state index in [4.69, 9.17) is 9.47 Å². The summed E-state index contributed by atoms with van der Waals surface area (Å²) < 4.78 is 10.2. The van der Waals surface area contributed by atoms with Gasteiger partial charge in [0, 0.05) is 11.1 Å². The number of benzene rings is 2. The first-order valence-electron chi connectivity index (χ1n) is 7.76. The van der Waals surface area contributed by atoms with E-state index in [0.29, 0.717) is 33.8 Å². The van der Waals surface area contributed by atoms with Crippen LogP contribution in [0.2, 0.25) is 0 Å². The number of hydrogen-bond donors (Lipinski definition) is 0. The van der Waals surface area contributed by atoms with Crippen LogP contribution in [0.5, 0.6) is 11.5 Å². The van der Waals surface area contributed by atoms with Crippen molar-refractivity contribution in [1.82, 2.24) is 0 Å². The predicted octanol–water partition coefficient (Wildman–Crippen LogP) is 3.62. The molecule has 0 bridgehead atoms. The van der Waals surface area contributed by atoms with Crippen molar-refractivity contribution in [3.8, 4) is 11.5 Å². The van der Waals surface area contributed by atoms with E-state index < -0.39 is 0 Å². The topological polar surface area (TPSA) is 69.7 Å². The van der Waals surface area contributed by atoms with Crippen LogP contribution in [0.25, 0.3) is 12.2 Å². The van der Waals surface area contributed by atoms with Crippen molar-refractivity contribution in [2.75, 3.05) is 14.2 Å². The van der Waals surface area contributed by atoms with Crippen LogP contribution in [0.15, 0.2) is 48.6 Å². The average molecular weight is 350 g/mol. The minimum atomic E-state index is -0.240. The summed E-state index contributed by atoms with van der Waals surface area (Å²) in [5.74, 6) is 0.834. The van der Waals surface area contributed by atoms with Gasteiger partial charge in [-0.15, -0.1) is 0 Å². The second-order valence-corrected chi connectivity index (χ2v) is 5.38. The van der Waals surface area contributed by atoms with Crippen LogP contribution < -0.4 is 9.47 Å². The van der Waals surface area contributed by atoms with Crippen molar-refractivity contribution in [3.05, 3.63) is 70.8 Å². The fourth-order valence-corrected chi connectivity index (χ4v) is 2.27. The molecule has 5 heteroatoms. The van der Waals surface area contributed by atoms with Crippen molar-refractivity contribution in [3.63, 3.8) is 0 Å². The number of rotatable bonds is 8. The molecule has 0 unspecified atom stereocenters. The van der Waals surface area contributed by atoms with Gasteiger partial charge >= 0.3 is 0 Å². The van der Waals surface area contributed by atoms with Crippen LogP contribution in [-0.2, 0) is 4.79 Å². The molecule has 0 aliphatic rings. The Hall–Kier alpha value is -3.47. The molecule has 0 N–H and O–H groups in total. The molecule has 0 saturated carbocycles. The average Bonchev–Trinajstić information content (AvgIpc) is 2.69.